The Labute approximate surface area is 316 Å². The molecule has 3 aromatic carbocycles. The molecule has 0 unspecified atom stereocenters. The van der Waals surface area contributed by atoms with Gasteiger partial charge in [0.2, 0.25) is 23.6 Å². The molecule has 4 rings (SSSR count). The lowest BCUT2D eigenvalue weighted by atomic mass is 9.96. The van der Waals surface area contributed by atoms with Crippen molar-refractivity contribution in [1.82, 2.24) is 26.2 Å². The maximum Gasteiger partial charge on any atom is 0.318 e. The third-order valence-corrected chi connectivity index (χ3v) is 9.31. The Kier molecular flexibility index (Phi) is 15.1. The van der Waals surface area contributed by atoms with Crippen LogP contribution in [-0.4, -0.2) is 73.4 Å². The smallest absolute Gasteiger partial charge is 0.318 e. The molecule has 284 valence electrons. The van der Waals surface area contributed by atoms with Crippen LogP contribution in [0.2, 0.25) is 5.02 Å². The van der Waals surface area contributed by atoms with E-state index in [1.807, 2.05) is 57.2 Å². The SMILES string of the molecule is COc1ccc(NC(=O)C2CCN(C(=O)N[C@@H](CC(=O)NCC(C)(C)C)C(=O)N[C@@H](CCc3ccccc3)C(=O)NCc3ccccc3Cl)CC2)cc1. The van der Waals surface area contributed by atoms with Gasteiger partial charge in [0.25, 0.3) is 0 Å². The Morgan fingerprint density at radius 3 is 2.13 bits per heavy atom. The summed E-state index contributed by atoms with van der Waals surface area (Å²) in [5.41, 5.74) is 2.15. The van der Waals surface area contributed by atoms with Crippen molar-refractivity contribution in [2.45, 2.75) is 71.5 Å². The first-order valence-electron chi connectivity index (χ1n) is 17.9. The Morgan fingerprint density at radius 2 is 1.49 bits per heavy atom. The molecule has 1 fully saturated rings. The summed E-state index contributed by atoms with van der Waals surface area (Å²) >= 11 is 6.31. The Hall–Kier alpha value is -5.10. The van der Waals surface area contributed by atoms with Crippen LogP contribution in [0.1, 0.15) is 57.6 Å². The highest BCUT2D eigenvalue weighted by molar-refractivity contribution is 6.31. The molecule has 1 aliphatic heterocycles. The quantitative estimate of drug-likeness (QED) is 0.146. The second-order valence-corrected chi connectivity index (χ2v) is 14.8. The van der Waals surface area contributed by atoms with E-state index in [9.17, 15) is 24.0 Å². The van der Waals surface area contributed by atoms with E-state index in [4.69, 9.17) is 16.3 Å². The topological polar surface area (TPSA) is 158 Å². The van der Waals surface area contributed by atoms with Crippen LogP contribution >= 0.6 is 11.6 Å². The molecule has 3 aromatic rings. The van der Waals surface area contributed by atoms with Gasteiger partial charge in [-0.25, -0.2) is 4.79 Å². The van der Waals surface area contributed by atoms with Crippen LogP contribution in [0, 0.1) is 11.3 Å². The highest BCUT2D eigenvalue weighted by Gasteiger charge is 2.32. The molecule has 1 aliphatic rings. The van der Waals surface area contributed by atoms with Crippen molar-refractivity contribution in [3.63, 3.8) is 0 Å². The van der Waals surface area contributed by atoms with Crippen LogP contribution in [0.15, 0.2) is 78.9 Å². The van der Waals surface area contributed by atoms with E-state index >= 15 is 0 Å². The van der Waals surface area contributed by atoms with Crippen LogP contribution in [0.4, 0.5) is 10.5 Å². The number of nitrogens with one attached hydrogen (secondary N) is 5. The molecular formula is C40H51ClN6O6. The van der Waals surface area contributed by atoms with Gasteiger partial charge in [0.15, 0.2) is 0 Å². The average Bonchev–Trinajstić information content (AvgIpc) is 3.15. The van der Waals surface area contributed by atoms with Crippen molar-refractivity contribution >= 4 is 46.9 Å². The first kappa shape index (κ1) is 40.7. The average molecular weight is 747 g/mol. The van der Waals surface area contributed by atoms with E-state index in [1.54, 1.807) is 49.6 Å². The number of aryl methyl sites for hydroxylation is 1. The summed E-state index contributed by atoms with van der Waals surface area (Å²) in [6, 6.07) is 21.0. The first-order valence-corrected chi connectivity index (χ1v) is 18.3. The van der Waals surface area contributed by atoms with Gasteiger partial charge in [0.1, 0.15) is 17.8 Å². The lowest BCUT2D eigenvalue weighted by Gasteiger charge is -2.32. The summed E-state index contributed by atoms with van der Waals surface area (Å²) in [5, 5.41) is 14.7. The molecule has 0 spiro atoms. The fourth-order valence-electron chi connectivity index (χ4n) is 5.78. The minimum Gasteiger partial charge on any atom is -0.497 e. The van der Waals surface area contributed by atoms with Gasteiger partial charge < -0.3 is 36.2 Å². The van der Waals surface area contributed by atoms with Gasteiger partial charge in [-0.15, -0.1) is 0 Å². The Bertz CT molecular complexity index is 1690. The molecule has 0 radical (unpaired) electrons. The molecule has 0 aliphatic carbocycles. The van der Waals surface area contributed by atoms with Gasteiger partial charge >= 0.3 is 6.03 Å². The minimum absolute atomic E-state index is 0.141. The molecule has 12 nitrogen and oxygen atoms in total. The van der Waals surface area contributed by atoms with Gasteiger partial charge in [-0.1, -0.05) is 80.9 Å². The van der Waals surface area contributed by atoms with E-state index in [1.165, 1.54) is 4.90 Å². The normalized spacial score (nSPS) is 14.3. The number of anilines is 1. The number of likely N-dealkylation sites (tertiary alicyclic amines) is 1. The molecule has 1 saturated heterocycles. The molecule has 1 heterocycles. The summed E-state index contributed by atoms with van der Waals surface area (Å²) in [7, 11) is 1.57. The second-order valence-electron chi connectivity index (χ2n) is 14.4. The molecule has 13 heteroatoms. The summed E-state index contributed by atoms with van der Waals surface area (Å²) in [4.78, 5) is 68.6. The number of methoxy groups -OCH3 is 1. The number of ether oxygens (including phenoxy) is 1. The number of hydrogen-bond donors (Lipinski definition) is 5. The zero-order valence-corrected chi connectivity index (χ0v) is 31.6. The summed E-state index contributed by atoms with van der Waals surface area (Å²) in [6.07, 6.45) is 1.28. The van der Waals surface area contributed by atoms with Crippen molar-refractivity contribution in [3.05, 3.63) is 95.0 Å². The molecule has 53 heavy (non-hydrogen) atoms. The Balaban J connectivity index is 1.42. The number of carbonyl (C=O) groups excluding carboxylic acids is 5. The predicted octanol–water partition coefficient (Wildman–Crippen LogP) is 5.06. The second kappa shape index (κ2) is 19.7. The molecule has 5 N–H and O–H groups in total. The molecule has 2 atom stereocenters. The van der Waals surface area contributed by atoms with Gasteiger partial charge in [0, 0.05) is 42.8 Å². The monoisotopic (exact) mass is 746 g/mol. The van der Waals surface area contributed by atoms with E-state index in [0.29, 0.717) is 42.3 Å². The zero-order chi connectivity index (χ0) is 38.4. The Morgan fingerprint density at radius 1 is 0.830 bits per heavy atom. The predicted molar refractivity (Wildman–Crippen MR) is 205 cm³/mol. The van der Waals surface area contributed by atoms with Crippen molar-refractivity contribution in [2.24, 2.45) is 11.3 Å². The molecule has 6 amide bonds. The lowest BCUT2D eigenvalue weighted by molar-refractivity contribution is -0.131. The summed E-state index contributed by atoms with van der Waals surface area (Å²) < 4.78 is 5.17. The molecule has 0 aromatic heterocycles. The number of urea groups is 1. The number of rotatable bonds is 15. The third-order valence-electron chi connectivity index (χ3n) is 8.94. The van der Waals surface area contributed by atoms with E-state index < -0.39 is 35.8 Å². The van der Waals surface area contributed by atoms with Crippen LogP contribution in [0.3, 0.4) is 0 Å². The number of amides is 6. The zero-order valence-electron chi connectivity index (χ0n) is 30.9. The number of benzene rings is 3. The van der Waals surface area contributed by atoms with Crippen molar-refractivity contribution in [2.75, 3.05) is 32.1 Å². The maximum atomic E-state index is 13.9. The van der Waals surface area contributed by atoms with Gasteiger partial charge in [-0.05, 0) is 72.6 Å². The summed E-state index contributed by atoms with van der Waals surface area (Å²) in [5.74, 6) is -1.27. The standard InChI is InChI=1S/C40H51ClN6O6/c1-40(2,3)26-43-35(48)24-34(46-39(52)47-22-20-28(21-23-47)36(49)44-30-15-17-31(53-4)18-16-30)38(51)45-33(19-14-27-10-6-5-7-11-27)37(50)42-25-29-12-8-9-13-32(29)41/h5-13,15-18,28,33-34H,14,19-26H2,1-4H3,(H,42,50)(H,43,48)(H,44,49)(H,45,51)(H,46,52)/t33-,34-/m0/s1. The van der Waals surface area contributed by atoms with Crippen LogP contribution < -0.4 is 31.3 Å². The van der Waals surface area contributed by atoms with Crippen LogP contribution in [-0.2, 0) is 32.1 Å². The van der Waals surface area contributed by atoms with Crippen molar-refractivity contribution in [1.29, 1.82) is 0 Å². The van der Waals surface area contributed by atoms with Gasteiger partial charge in [0.05, 0.1) is 13.5 Å². The van der Waals surface area contributed by atoms with Crippen LogP contribution in [0.5, 0.6) is 5.75 Å². The van der Waals surface area contributed by atoms with Crippen LogP contribution in [0.25, 0.3) is 0 Å². The lowest BCUT2D eigenvalue weighted by Crippen LogP contribution is -2.57. The highest BCUT2D eigenvalue weighted by atomic mass is 35.5. The third kappa shape index (κ3) is 13.4. The minimum atomic E-state index is -1.27. The fraction of sp³-hybridized carbons (Fsp3) is 0.425. The number of nitrogens with zero attached hydrogens (tertiary/aromatic N) is 1. The number of halogens is 1. The highest BCUT2D eigenvalue weighted by Crippen LogP contribution is 2.22. The molecular weight excluding hydrogens is 696 g/mol. The number of piperidine rings is 1. The largest absolute Gasteiger partial charge is 0.497 e. The fourth-order valence-corrected chi connectivity index (χ4v) is 5.98. The molecule has 0 saturated carbocycles. The molecule has 0 bridgehead atoms. The first-order chi connectivity index (χ1) is 25.3. The van der Waals surface area contributed by atoms with Crippen molar-refractivity contribution < 1.29 is 28.7 Å². The summed E-state index contributed by atoms with van der Waals surface area (Å²) in [6.45, 7) is 6.99. The van der Waals surface area contributed by atoms with Crippen molar-refractivity contribution in [3.8, 4) is 5.75 Å². The van der Waals surface area contributed by atoms with Gasteiger partial charge in [-0.2, -0.15) is 0 Å². The van der Waals surface area contributed by atoms with E-state index in [0.717, 1.165) is 11.1 Å². The van der Waals surface area contributed by atoms with E-state index in [-0.39, 0.29) is 49.7 Å². The number of hydrogen-bond acceptors (Lipinski definition) is 6. The van der Waals surface area contributed by atoms with Gasteiger partial charge in [-0.3, -0.25) is 19.2 Å². The maximum absolute atomic E-state index is 13.9. The number of carbonyl (C=O) groups is 5. The van der Waals surface area contributed by atoms with E-state index in [2.05, 4.69) is 26.6 Å².